The highest BCUT2D eigenvalue weighted by Crippen LogP contribution is 2.36. The van der Waals surface area contributed by atoms with Crippen LogP contribution in [0.3, 0.4) is 0 Å². The van der Waals surface area contributed by atoms with E-state index in [9.17, 15) is 14.7 Å². The first-order chi connectivity index (χ1) is 9.51. The van der Waals surface area contributed by atoms with Crippen molar-refractivity contribution in [1.29, 1.82) is 0 Å². The lowest BCUT2D eigenvalue weighted by molar-refractivity contribution is -0.111. The first-order valence-corrected chi connectivity index (χ1v) is 7.35. The third kappa shape index (κ3) is 3.68. The van der Waals surface area contributed by atoms with E-state index in [1.165, 1.54) is 0 Å². The number of hydrogen-bond acceptors (Lipinski definition) is 3. The Labute approximate surface area is 123 Å². The van der Waals surface area contributed by atoms with Gasteiger partial charge in [-0.2, -0.15) is 0 Å². The van der Waals surface area contributed by atoms with Gasteiger partial charge in [0, 0.05) is 18.4 Å². The number of Topliss-reactive ketones (excluding diaryl/α,β-unsaturated/α-hetero) is 1. The van der Waals surface area contributed by atoms with Gasteiger partial charge in [-0.25, -0.2) is 0 Å². The lowest BCUT2D eigenvalue weighted by Crippen LogP contribution is -2.28. The molecule has 1 fully saturated rings. The van der Waals surface area contributed by atoms with Crippen LogP contribution in [0.15, 0.2) is 18.2 Å². The van der Waals surface area contributed by atoms with Gasteiger partial charge in [-0.05, 0) is 42.1 Å². The Hall–Kier alpha value is -1.19. The summed E-state index contributed by atoms with van der Waals surface area (Å²) in [5, 5.41) is 10.1. The Morgan fingerprint density at radius 1 is 1.25 bits per heavy atom. The number of benzene rings is 1. The molecule has 4 heteroatoms. The Balaban J connectivity index is 2.15. The van der Waals surface area contributed by atoms with E-state index in [4.69, 9.17) is 11.6 Å². The van der Waals surface area contributed by atoms with Crippen LogP contribution in [0.25, 0.3) is 0 Å². The molecule has 0 bridgehead atoms. The maximum absolute atomic E-state index is 12.0. The fourth-order valence-corrected chi connectivity index (χ4v) is 2.77. The van der Waals surface area contributed by atoms with Gasteiger partial charge < -0.3 is 5.11 Å². The molecule has 3 nitrogen and oxygen atoms in total. The molecule has 0 aliphatic heterocycles. The van der Waals surface area contributed by atoms with Crippen molar-refractivity contribution >= 4 is 22.6 Å². The van der Waals surface area contributed by atoms with E-state index in [-0.39, 0.29) is 18.6 Å². The summed E-state index contributed by atoms with van der Waals surface area (Å²) in [5.74, 6) is -0.131. The Morgan fingerprint density at radius 2 is 1.95 bits per heavy atom. The van der Waals surface area contributed by atoms with Crippen molar-refractivity contribution in [3.05, 3.63) is 35.4 Å². The van der Waals surface area contributed by atoms with Gasteiger partial charge in [0.2, 0.25) is 5.24 Å². The molecule has 0 amide bonds. The van der Waals surface area contributed by atoms with Crippen LogP contribution in [0.5, 0.6) is 0 Å². The minimum atomic E-state index is -0.864. The van der Waals surface area contributed by atoms with Crippen LogP contribution in [-0.2, 0) is 10.4 Å². The molecule has 1 radical (unpaired) electrons. The molecule has 1 N–H and O–H groups in total. The van der Waals surface area contributed by atoms with E-state index in [0.717, 1.165) is 19.3 Å². The highest BCUT2D eigenvalue weighted by molar-refractivity contribution is 6.63. The molecule has 0 aromatic heterocycles. The summed E-state index contributed by atoms with van der Waals surface area (Å²) in [7, 11) is 0. The first kappa shape index (κ1) is 15.2. The van der Waals surface area contributed by atoms with Crippen LogP contribution < -0.4 is 0 Å². The Bertz CT molecular complexity index is 504. The smallest absolute Gasteiger partial charge is 0.222 e. The van der Waals surface area contributed by atoms with Gasteiger partial charge in [-0.15, -0.1) is 0 Å². The predicted molar refractivity (Wildman–Crippen MR) is 76.7 cm³/mol. The SMILES string of the molecule is O=C(Cl)CCC(=O)c1cc[c]c(C2(O)CCCCC2)c1. The van der Waals surface area contributed by atoms with Crippen molar-refractivity contribution in [2.75, 3.05) is 0 Å². The number of rotatable bonds is 5. The Kier molecular flexibility index (Phi) is 4.95. The monoisotopic (exact) mass is 293 g/mol. The van der Waals surface area contributed by atoms with Crippen molar-refractivity contribution in [2.45, 2.75) is 50.5 Å². The normalized spacial score (nSPS) is 17.7. The largest absolute Gasteiger partial charge is 0.385 e. The second-order valence-corrected chi connectivity index (χ2v) is 5.78. The summed E-state index contributed by atoms with van der Waals surface area (Å²) in [4.78, 5) is 22.7. The van der Waals surface area contributed by atoms with Crippen molar-refractivity contribution in [2.24, 2.45) is 0 Å². The molecule has 20 heavy (non-hydrogen) atoms. The molecule has 1 saturated carbocycles. The maximum Gasteiger partial charge on any atom is 0.222 e. The summed E-state index contributed by atoms with van der Waals surface area (Å²) in [6.07, 6.45) is 4.68. The molecule has 0 saturated heterocycles. The number of carbonyl (C=O) groups is 2. The fourth-order valence-electron chi connectivity index (χ4n) is 2.67. The number of ketones is 1. The van der Waals surface area contributed by atoms with Gasteiger partial charge in [0.25, 0.3) is 0 Å². The fraction of sp³-hybridized carbons (Fsp3) is 0.500. The number of halogens is 1. The summed E-state index contributed by atoms with van der Waals surface area (Å²) < 4.78 is 0. The molecular weight excluding hydrogens is 276 g/mol. The van der Waals surface area contributed by atoms with Crippen LogP contribution in [0.1, 0.15) is 60.9 Å². The Morgan fingerprint density at radius 3 is 2.60 bits per heavy atom. The number of carbonyl (C=O) groups excluding carboxylic acids is 2. The molecule has 1 aromatic carbocycles. The third-order valence-electron chi connectivity index (χ3n) is 3.85. The van der Waals surface area contributed by atoms with E-state index in [0.29, 0.717) is 24.0 Å². The zero-order valence-corrected chi connectivity index (χ0v) is 12.1. The van der Waals surface area contributed by atoms with E-state index >= 15 is 0 Å². The zero-order valence-electron chi connectivity index (χ0n) is 11.3. The van der Waals surface area contributed by atoms with Gasteiger partial charge in [0.05, 0.1) is 5.60 Å². The van der Waals surface area contributed by atoms with Crippen LogP contribution in [0.2, 0.25) is 0 Å². The molecule has 0 atom stereocenters. The summed E-state index contributed by atoms with van der Waals surface area (Å²) in [6, 6.07) is 8.07. The van der Waals surface area contributed by atoms with E-state index in [1.54, 1.807) is 18.2 Å². The lowest BCUT2D eigenvalue weighted by Gasteiger charge is -2.32. The van der Waals surface area contributed by atoms with E-state index in [1.807, 2.05) is 0 Å². The topological polar surface area (TPSA) is 54.4 Å². The second-order valence-electron chi connectivity index (χ2n) is 5.36. The van der Waals surface area contributed by atoms with Crippen LogP contribution in [0.4, 0.5) is 0 Å². The lowest BCUT2D eigenvalue weighted by atomic mass is 9.79. The first-order valence-electron chi connectivity index (χ1n) is 6.97. The molecule has 0 heterocycles. The molecular formula is C16H18ClO3. The van der Waals surface area contributed by atoms with Crippen molar-refractivity contribution in [1.82, 2.24) is 0 Å². The van der Waals surface area contributed by atoms with Crippen LogP contribution in [-0.4, -0.2) is 16.1 Å². The van der Waals surface area contributed by atoms with Gasteiger partial charge in [0.15, 0.2) is 5.78 Å². The summed E-state index contributed by atoms with van der Waals surface area (Å²) >= 11 is 5.25. The molecule has 1 aromatic rings. The quantitative estimate of drug-likeness (QED) is 0.669. The zero-order chi connectivity index (χ0) is 14.6. The van der Waals surface area contributed by atoms with E-state index in [2.05, 4.69) is 6.07 Å². The minimum Gasteiger partial charge on any atom is -0.385 e. The summed E-state index contributed by atoms with van der Waals surface area (Å²) in [5.41, 5.74) is 0.326. The maximum atomic E-state index is 12.0. The van der Waals surface area contributed by atoms with Crippen LogP contribution in [0, 0.1) is 6.07 Å². The average Bonchev–Trinajstić information content (AvgIpc) is 2.45. The standard InChI is InChI=1S/C16H18ClO3/c17-15(19)8-7-14(18)12-5-4-6-13(11-12)16(20)9-2-1-3-10-16/h4-5,11,20H,1-3,7-10H2. The second kappa shape index (κ2) is 6.51. The van der Waals surface area contributed by atoms with E-state index < -0.39 is 10.8 Å². The molecule has 1 aliphatic rings. The van der Waals surface area contributed by atoms with Crippen molar-refractivity contribution < 1.29 is 14.7 Å². The van der Waals surface area contributed by atoms with Crippen molar-refractivity contribution in [3.63, 3.8) is 0 Å². The predicted octanol–water partition coefficient (Wildman–Crippen LogP) is 3.37. The van der Waals surface area contributed by atoms with Gasteiger partial charge in [-0.3, -0.25) is 9.59 Å². The van der Waals surface area contributed by atoms with Gasteiger partial charge in [0.1, 0.15) is 0 Å². The summed E-state index contributed by atoms with van der Waals surface area (Å²) in [6.45, 7) is 0. The van der Waals surface area contributed by atoms with Crippen LogP contribution >= 0.6 is 11.6 Å². The number of aliphatic hydroxyl groups is 1. The minimum absolute atomic E-state index is 0.0403. The molecule has 1 aliphatic carbocycles. The molecule has 0 spiro atoms. The number of hydrogen-bond donors (Lipinski definition) is 1. The molecule has 107 valence electrons. The highest BCUT2D eigenvalue weighted by atomic mass is 35.5. The average molecular weight is 294 g/mol. The molecule has 2 rings (SSSR count). The van der Waals surface area contributed by atoms with Gasteiger partial charge in [-0.1, -0.05) is 31.4 Å². The van der Waals surface area contributed by atoms with Crippen molar-refractivity contribution in [3.8, 4) is 0 Å². The van der Waals surface area contributed by atoms with Gasteiger partial charge >= 0.3 is 0 Å². The third-order valence-corrected chi connectivity index (χ3v) is 4.04. The molecule has 0 unspecified atom stereocenters. The highest BCUT2D eigenvalue weighted by Gasteiger charge is 2.31.